The van der Waals surface area contributed by atoms with Crippen molar-refractivity contribution < 1.29 is 4.74 Å². The van der Waals surface area contributed by atoms with E-state index in [1.54, 1.807) is 7.11 Å². The molecular formula is C12H28N2O. The summed E-state index contributed by atoms with van der Waals surface area (Å²) in [7, 11) is 1.77. The minimum Gasteiger partial charge on any atom is -0.383 e. The first kappa shape index (κ1) is 14.9. The first-order valence-corrected chi connectivity index (χ1v) is 6.12. The second-order valence-electron chi connectivity index (χ2n) is 4.20. The Morgan fingerprint density at radius 2 is 1.93 bits per heavy atom. The van der Waals surface area contributed by atoms with Crippen molar-refractivity contribution in [2.24, 2.45) is 0 Å². The zero-order valence-corrected chi connectivity index (χ0v) is 11.0. The maximum Gasteiger partial charge on any atom is 0.0589 e. The molecule has 92 valence electrons. The van der Waals surface area contributed by atoms with Crippen molar-refractivity contribution in [2.75, 3.05) is 33.4 Å². The van der Waals surface area contributed by atoms with Gasteiger partial charge in [0.1, 0.15) is 0 Å². The van der Waals surface area contributed by atoms with Crippen LogP contribution >= 0.6 is 0 Å². The van der Waals surface area contributed by atoms with Gasteiger partial charge in [0.05, 0.1) is 6.61 Å². The number of likely N-dealkylation sites (N-methyl/N-ethyl adjacent to an activating group) is 1. The summed E-state index contributed by atoms with van der Waals surface area (Å²) in [4.78, 5) is 2.50. The van der Waals surface area contributed by atoms with Crippen molar-refractivity contribution >= 4 is 0 Å². The molecule has 0 radical (unpaired) electrons. The largest absolute Gasteiger partial charge is 0.383 e. The minimum atomic E-state index is 0.556. The average molecular weight is 216 g/mol. The third-order valence-electron chi connectivity index (χ3n) is 2.86. The second-order valence-corrected chi connectivity index (χ2v) is 4.20. The Morgan fingerprint density at radius 3 is 2.40 bits per heavy atom. The molecule has 15 heavy (non-hydrogen) atoms. The molecule has 2 unspecified atom stereocenters. The lowest BCUT2D eigenvalue weighted by molar-refractivity contribution is 0.116. The van der Waals surface area contributed by atoms with Crippen LogP contribution in [0.1, 0.15) is 34.1 Å². The van der Waals surface area contributed by atoms with E-state index in [2.05, 4.69) is 37.9 Å². The van der Waals surface area contributed by atoms with Gasteiger partial charge in [-0.25, -0.2) is 0 Å². The number of rotatable bonds is 9. The quantitative estimate of drug-likeness (QED) is 0.635. The van der Waals surface area contributed by atoms with Gasteiger partial charge >= 0.3 is 0 Å². The van der Waals surface area contributed by atoms with Gasteiger partial charge in [-0.15, -0.1) is 0 Å². The lowest BCUT2D eigenvalue weighted by atomic mass is 10.2. The Balaban J connectivity index is 3.98. The summed E-state index contributed by atoms with van der Waals surface area (Å²) in [5.74, 6) is 0. The Labute approximate surface area is 95.2 Å². The summed E-state index contributed by atoms with van der Waals surface area (Å²) in [5, 5.41) is 3.45. The van der Waals surface area contributed by atoms with E-state index in [4.69, 9.17) is 4.74 Å². The third-order valence-corrected chi connectivity index (χ3v) is 2.86. The van der Waals surface area contributed by atoms with E-state index < -0.39 is 0 Å². The molecule has 0 aliphatic carbocycles. The standard InChI is InChI=1S/C12H28N2O/c1-6-12(4)14(8-9-15-5)10-11(3)13-7-2/h11-13H,6-10H2,1-5H3. The molecule has 0 saturated heterocycles. The third kappa shape index (κ3) is 6.88. The molecule has 1 N–H and O–H groups in total. The molecule has 0 heterocycles. The van der Waals surface area contributed by atoms with E-state index in [0.717, 1.165) is 26.2 Å². The van der Waals surface area contributed by atoms with E-state index in [-0.39, 0.29) is 0 Å². The average Bonchev–Trinajstić information content (AvgIpc) is 2.23. The number of nitrogens with zero attached hydrogens (tertiary/aromatic N) is 1. The van der Waals surface area contributed by atoms with Gasteiger partial charge in [0, 0.05) is 32.3 Å². The molecule has 0 rings (SSSR count). The van der Waals surface area contributed by atoms with E-state index in [9.17, 15) is 0 Å². The van der Waals surface area contributed by atoms with Crippen molar-refractivity contribution in [2.45, 2.75) is 46.2 Å². The van der Waals surface area contributed by atoms with E-state index >= 15 is 0 Å². The minimum absolute atomic E-state index is 0.556. The van der Waals surface area contributed by atoms with Crippen molar-refractivity contribution in [1.29, 1.82) is 0 Å². The van der Waals surface area contributed by atoms with Gasteiger partial charge in [0.2, 0.25) is 0 Å². The van der Waals surface area contributed by atoms with Crippen LogP contribution in [0.3, 0.4) is 0 Å². The Bertz CT molecular complexity index is 142. The maximum absolute atomic E-state index is 5.15. The molecule has 3 nitrogen and oxygen atoms in total. The lowest BCUT2D eigenvalue weighted by Crippen LogP contribution is -2.44. The topological polar surface area (TPSA) is 24.5 Å². The molecule has 2 atom stereocenters. The maximum atomic E-state index is 5.15. The fourth-order valence-corrected chi connectivity index (χ4v) is 1.72. The predicted octanol–water partition coefficient (Wildman–Crippen LogP) is 1.73. The summed E-state index contributed by atoms with van der Waals surface area (Å²) < 4.78 is 5.15. The molecule has 0 aromatic carbocycles. The van der Waals surface area contributed by atoms with Crippen LogP contribution < -0.4 is 5.32 Å². The summed E-state index contributed by atoms with van der Waals surface area (Å²) >= 11 is 0. The molecule has 0 fully saturated rings. The Kier molecular flexibility index (Phi) is 9.06. The predicted molar refractivity (Wildman–Crippen MR) is 66.3 cm³/mol. The number of ether oxygens (including phenoxy) is 1. The number of nitrogens with one attached hydrogen (secondary N) is 1. The zero-order valence-electron chi connectivity index (χ0n) is 11.0. The molecule has 0 aromatic rings. The van der Waals surface area contributed by atoms with Gasteiger partial charge in [-0.05, 0) is 26.8 Å². The van der Waals surface area contributed by atoms with Crippen LogP contribution in [-0.2, 0) is 4.74 Å². The highest BCUT2D eigenvalue weighted by Gasteiger charge is 2.14. The second kappa shape index (κ2) is 9.13. The lowest BCUT2D eigenvalue weighted by Gasteiger charge is -2.30. The van der Waals surface area contributed by atoms with E-state index in [1.807, 2.05) is 0 Å². The van der Waals surface area contributed by atoms with Crippen LogP contribution in [-0.4, -0.2) is 50.3 Å². The highest BCUT2D eigenvalue weighted by atomic mass is 16.5. The smallest absolute Gasteiger partial charge is 0.0589 e. The molecule has 0 amide bonds. The van der Waals surface area contributed by atoms with Gasteiger partial charge in [-0.2, -0.15) is 0 Å². The fraction of sp³-hybridized carbons (Fsp3) is 1.00. The number of hydrogen-bond donors (Lipinski definition) is 1. The van der Waals surface area contributed by atoms with Crippen LogP contribution in [0, 0.1) is 0 Å². The van der Waals surface area contributed by atoms with Gasteiger partial charge in [-0.1, -0.05) is 13.8 Å². The van der Waals surface area contributed by atoms with Crippen molar-refractivity contribution in [3.05, 3.63) is 0 Å². The molecular weight excluding hydrogens is 188 g/mol. The van der Waals surface area contributed by atoms with Crippen LogP contribution in [0.2, 0.25) is 0 Å². The van der Waals surface area contributed by atoms with Crippen molar-refractivity contribution in [3.8, 4) is 0 Å². The first-order chi connectivity index (χ1) is 7.15. The van der Waals surface area contributed by atoms with Gasteiger partial charge in [-0.3, -0.25) is 4.90 Å². The van der Waals surface area contributed by atoms with Crippen molar-refractivity contribution in [1.82, 2.24) is 10.2 Å². The van der Waals surface area contributed by atoms with E-state index in [1.165, 1.54) is 6.42 Å². The molecule has 0 aromatic heterocycles. The van der Waals surface area contributed by atoms with Gasteiger partial charge in [0.15, 0.2) is 0 Å². The molecule has 0 bridgehead atoms. The molecule has 0 aliphatic heterocycles. The van der Waals surface area contributed by atoms with Crippen molar-refractivity contribution in [3.63, 3.8) is 0 Å². The summed E-state index contributed by atoms with van der Waals surface area (Å²) in [6, 6.07) is 1.20. The monoisotopic (exact) mass is 216 g/mol. The highest BCUT2D eigenvalue weighted by molar-refractivity contribution is 4.71. The number of methoxy groups -OCH3 is 1. The normalized spacial score (nSPS) is 15.6. The van der Waals surface area contributed by atoms with Crippen LogP contribution in [0.4, 0.5) is 0 Å². The van der Waals surface area contributed by atoms with Gasteiger partial charge in [0.25, 0.3) is 0 Å². The molecule has 0 aliphatic rings. The van der Waals surface area contributed by atoms with Gasteiger partial charge < -0.3 is 10.1 Å². The highest BCUT2D eigenvalue weighted by Crippen LogP contribution is 2.04. The Morgan fingerprint density at radius 1 is 1.27 bits per heavy atom. The summed E-state index contributed by atoms with van der Waals surface area (Å²) in [5.41, 5.74) is 0. The Hall–Kier alpha value is -0.120. The molecule has 3 heteroatoms. The zero-order chi connectivity index (χ0) is 11.7. The SMILES string of the molecule is CCNC(C)CN(CCOC)C(C)CC. The van der Waals surface area contributed by atoms with Crippen LogP contribution in [0.15, 0.2) is 0 Å². The first-order valence-electron chi connectivity index (χ1n) is 6.12. The number of hydrogen-bond acceptors (Lipinski definition) is 3. The van der Waals surface area contributed by atoms with Crippen LogP contribution in [0.25, 0.3) is 0 Å². The molecule has 0 spiro atoms. The fourth-order valence-electron chi connectivity index (χ4n) is 1.72. The summed E-state index contributed by atoms with van der Waals surface area (Å²) in [6.45, 7) is 12.9. The van der Waals surface area contributed by atoms with E-state index in [0.29, 0.717) is 12.1 Å². The molecule has 0 saturated carbocycles. The van der Waals surface area contributed by atoms with Crippen LogP contribution in [0.5, 0.6) is 0 Å². The summed E-state index contributed by atoms with van der Waals surface area (Å²) in [6.07, 6.45) is 1.20.